The van der Waals surface area contributed by atoms with Crippen LogP contribution >= 0.6 is 0 Å². The molecule has 0 bridgehead atoms. The molecule has 0 aromatic heterocycles. The fourth-order valence-electron chi connectivity index (χ4n) is 2.41. The SMILES string of the molecule is CN(C)CCN(Cc1ccccc1)C1CC[N]C1. The van der Waals surface area contributed by atoms with Gasteiger partial charge in [-0.05, 0) is 26.1 Å². The molecule has 1 aromatic rings. The largest absolute Gasteiger partial charge is 0.308 e. The number of hydrogen-bond acceptors (Lipinski definition) is 2. The minimum atomic E-state index is 0.644. The van der Waals surface area contributed by atoms with Crippen molar-refractivity contribution in [1.29, 1.82) is 0 Å². The first kappa shape index (κ1) is 13.5. The summed E-state index contributed by atoms with van der Waals surface area (Å²) >= 11 is 0. The van der Waals surface area contributed by atoms with Crippen LogP contribution in [0.4, 0.5) is 0 Å². The average molecular weight is 246 g/mol. The minimum Gasteiger partial charge on any atom is -0.308 e. The van der Waals surface area contributed by atoms with Gasteiger partial charge < -0.3 is 4.90 Å². The molecular formula is C15H24N3. The Labute approximate surface area is 111 Å². The van der Waals surface area contributed by atoms with Gasteiger partial charge in [0.15, 0.2) is 0 Å². The average Bonchev–Trinajstić information content (AvgIpc) is 2.89. The van der Waals surface area contributed by atoms with Crippen LogP contribution in [-0.2, 0) is 6.54 Å². The van der Waals surface area contributed by atoms with Gasteiger partial charge in [0.2, 0.25) is 0 Å². The third-order valence-corrected chi connectivity index (χ3v) is 3.54. The second-order valence-electron chi connectivity index (χ2n) is 5.33. The Morgan fingerprint density at radius 3 is 2.56 bits per heavy atom. The second kappa shape index (κ2) is 6.88. The molecule has 1 heterocycles. The lowest BCUT2D eigenvalue weighted by Crippen LogP contribution is -2.40. The summed E-state index contributed by atoms with van der Waals surface area (Å²) in [6.07, 6.45) is 1.22. The van der Waals surface area contributed by atoms with Crippen LogP contribution in [0.5, 0.6) is 0 Å². The molecule has 0 amide bonds. The van der Waals surface area contributed by atoms with Crippen molar-refractivity contribution in [3.63, 3.8) is 0 Å². The van der Waals surface area contributed by atoms with E-state index >= 15 is 0 Å². The number of nitrogens with zero attached hydrogens (tertiary/aromatic N) is 3. The monoisotopic (exact) mass is 246 g/mol. The summed E-state index contributed by atoms with van der Waals surface area (Å²) in [6.45, 7) is 5.35. The Morgan fingerprint density at radius 2 is 1.94 bits per heavy atom. The number of benzene rings is 1. The van der Waals surface area contributed by atoms with Gasteiger partial charge >= 0.3 is 0 Å². The van der Waals surface area contributed by atoms with Crippen LogP contribution in [0.3, 0.4) is 0 Å². The maximum Gasteiger partial charge on any atom is 0.0290 e. The molecule has 0 N–H and O–H groups in total. The molecule has 1 radical (unpaired) electrons. The van der Waals surface area contributed by atoms with Crippen molar-refractivity contribution in [2.45, 2.75) is 19.0 Å². The van der Waals surface area contributed by atoms with Crippen molar-refractivity contribution in [3.8, 4) is 0 Å². The Bertz CT molecular complexity index is 331. The van der Waals surface area contributed by atoms with E-state index in [0.29, 0.717) is 6.04 Å². The smallest absolute Gasteiger partial charge is 0.0290 e. The normalized spacial score (nSPS) is 19.9. The van der Waals surface area contributed by atoms with Crippen LogP contribution < -0.4 is 5.32 Å². The number of rotatable bonds is 6. The first-order valence-corrected chi connectivity index (χ1v) is 6.81. The maximum absolute atomic E-state index is 4.50. The highest BCUT2D eigenvalue weighted by Gasteiger charge is 2.22. The third kappa shape index (κ3) is 4.09. The summed E-state index contributed by atoms with van der Waals surface area (Å²) in [5.74, 6) is 0. The van der Waals surface area contributed by atoms with Crippen molar-refractivity contribution < 1.29 is 0 Å². The molecule has 1 fully saturated rings. The first-order valence-electron chi connectivity index (χ1n) is 6.81. The summed E-state index contributed by atoms with van der Waals surface area (Å²) in [7, 11) is 4.28. The summed E-state index contributed by atoms with van der Waals surface area (Å²) in [5.41, 5.74) is 1.41. The van der Waals surface area contributed by atoms with E-state index in [0.717, 1.165) is 32.7 Å². The van der Waals surface area contributed by atoms with Crippen LogP contribution in [0.25, 0.3) is 0 Å². The number of likely N-dealkylation sites (N-methyl/N-ethyl adjacent to an activating group) is 1. The third-order valence-electron chi connectivity index (χ3n) is 3.54. The van der Waals surface area contributed by atoms with Crippen LogP contribution in [0.15, 0.2) is 30.3 Å². The quantitative estimate of drug-likeness (QED) is 0.757. The van der Waals surface area contributed by atoms with E-state index in [4.69, 9.17) is 0 Å². The molecule has 1 aliphatic rings. The van der Waals surface area contributed by atoms with Gasteiger partial charge in [-0.3, -0.25) is 4.90 Å². The minimum absolute atomic E-state index is 0.644. The molecule has 0 saturated carbocycles. The standard InChI is InChI=1S/C15H24N3/c1-17(2)10-11-18(15-8-9-16-12-15)13-14-6-4-3-5-7-14/h3-7,15H,8-13H2,1-2H3. The van der Waals surface area contributed by atoms with Gasteiger partial charge in [0, 0.05) is 38.8 Å². The Hall–Kier alpha value is -0.900. The molecule has 1 atom stereocenters. The molecule has 0 spiro atoms. The molecular weight excluding hydrogens is 222 g/mol. The van der Waals surface area contributed by atoms with E-state index in [-0.39, 0.29) is 0 Å². The highest BCUT2D eigenvalue weighted by molar-refractivity contribution is 5.14. The van der Waals surface area contributed by atoms with E-state index in [1.807, 2.05) is 0 Å². The van der Waals surface area contributed by atoms with Gasteiger partial charge in [-0.1, -0.05) is 30.3 Å². The van der Waals surface area contributed by atoms with E-state index in [2.05, 4.69) is 59.5 Å². The Balaban J connectivity index is 1.95. The lowest BCUT2D eigenvalue weighted by Gasteiger charge is -2.29. The molecule has 1 unspecified atom stereocenters. The van der Waals surface area contributed by atoms with Crippen LogP contribution in [-0.4, -0.2) is 56.1 Å². The lowest BCUT2D eigenvalue weighted by atomic mass is 10.1. The van der Waals surface area contributed by atoms with Crippen molar-refractivity contribution in [3.05, 3.63) is 35.9 Å². The van der Waals surface area contributed by atoms with Gasteiger partial charge in [0.25, 0.3) is 0 Å². The Morgan fingerprint density at radius 1 is 1.17 bits per heavy atom. The maximum atomic E-state index is 4.50. The van der Waals surface area contributed by atoms with Crippen molar-refractivity contribution >= 4 is 0 Å². The fraction of sp³-hybridized carbons (Fsp3) is 0.600. The molecule has 18 heavy (non-hydrogen) atoms. The Kier molecular flexibility index (Phi) is 5.17. The topological polar surface area (TPSA) is 20.6 Å². The van der Waals surface area contributed by atoms with Gasteiger partial charge in [0.1, 0.15) is 0 Å². The van der Waals surface area contributed by atoms with E-state index < -0.39 is 0 Å². The van der Waals surface area contributed by atoms with Crippen molar-refractivity contribution in [1.82, 2.24) is 15.1 Å². The molecule has 1 aliphatic heterocycles. The predicted octanol–water partition coefficient (Wildman–Crippen LogP) is 1.43. The van der Waals surface area contributed by atoms with Crippen molar-refractivity contribution in [2.24, 2.45) is 0 Å². The first-order chi connectivity index (χ1) is 8.75. The highest BCUT2D eigenvalue weighted by atomic mass is 15.2. The molecule has 1 aromatic carbocycles. The molecule has 3 nitrogen and oxygen atoms in total. The summed E-state index contributed by atoms with van der Waals surface area (Å²) in [4.78, 5) is 4.84. The fourth-order valence-corrected chi connectivity index (χ4v) is 2.41. The molecule has 2 rings (SSSR count). The predicted molar refractivity (Wildman–Crippen MR) is 75.7 cm³/mol. The summed E-state index contributed by atoms with van der Waals surface area (Å²) in [5, 5.41) is 4.50. The lowest BCUT2D eigenvalue weighted by molar-refractivity contribution is 0.180. The summed E-state index contributed by atoms with van der Waals surface area (Å²) < 4.78 is 0. The molecule has 0 aliphatic carbocycles. The second-order valence-corrected chi connectivity index (χ2v) is 5.33. The zero-order chi connectivity index (χ0) is 12.8. The van der Waals surface area contributed by atoms with Gasteiger partial charge in [-0.15, -0.1) is 0 Å². The summed E-state index contributed by atoms with van der Waals surface area (Å²) in [6, 6.07) is 11.4. The van der Waals surface area contributed by atoms with Crippen LogP contribution in [0.1, 0.15) is 12.0 Å². The van der Waals surface area contributed by atoms with E-state index in [9.17, 15) is 0 Å². The van der Waals surface area contributed by atoms with Gasteiger partial charge in [0.05, 0.1) is 0 Å². The van der Waals surface area contributed by atoms with Crippen LogP contribution in [0.2, 0.25) is 0 Å². The molecule has 1 saturated heterocycles. The van der Waals surface area contributed by atoms with E-state index in [1.54, 1.807) is 0 Å². The van der Waals surface area contributed by atoms with Gasteiger partial charge in [-0.25, -0.2) is 5.32 Å². The zero-order valence-electron chi connectivity index (χ0n) is 11.5. The number of hydrogen-bond donors (Lipinski definition) is 0. The van der Waals surface area contributed by atoms with Gasteiger partial charge in [-0.2, -0.15) is 0 Å². The zero-order valence-corrected chi connectivity index (χ0v) is 11.5. The molecule has 3 heteroatoms. The highest BCUT2D eigenvalue weighted by Crippen LogP contribution is 2.13. The van der Waals surface area contributed by atoms with Crippen LogP contribution in [0, 0.1) is 0 Å². The van der Waals surface area contributed by atoms with E-state index in [1.165, 1.54) is 12.0 Å². The van der Waals surface area contributed by atoms with Crippen molar-refractivity contribution in [2.75, 3.05) is 40.3 Å². The molecule has 99 valence electrons.